The molecular weight excluding hydrogens is 210 g/mol. The number of hydrogen-bond acceptors (Lipinski definition) is 2. The van der Waals surface area contributed by atoms with Crippen molar-refractivity contribution in [2.24, 2.45) is 17.1 Å². The van der Waals surface area contributed by atoms with E-state index in [0.29, 0.717) is 5.41 Å². The molecule has 0 bridgehead atoms. The average molecular weight is 235 g/mol. The Bertz CT molecular complexity index is 383. The van der Waals surface area contributed by atoms with E-state index in [1.807, 2.05) is 0 Å². The summed E-state index contributed by atoms with van der Waals surface area (Å²) < 4.78 is 2.13. The van der Waals surface area contributed by atoms with Gasteiger partial charge in [0, 0.05) is 12.2 Å². The molecule has 1 aromatic heterocycles. The average Bonchev–Trinajstić information content (AvgIpc) is 2.83. The zero-order chi connectivity index (χ0) is 12.5. The molecule has 1 aromatic rings. The van der Waals surface area contributed by atoms with E-state index in [4.69, 9.17) is 5.73 Å². The summed E-state index contributed by atoms with van der Waals surface area (Å²) in [6.45, 7) is 8.34. The van der Waals surface area contributed by atoms with E-state index in [-0.39, 0.29) is 0 Å². The van der Waals surface area contributed by atoms with E-state index in [9.17, 15) is 0 Å². The summed E-state index contributed by atoms with van der Waals surface area (Å²) in [4.78, 5) is 0. The van der Waals surface area contributed by atoms with Gasteiger partial charge in [-0.1, -0.05) is 13.3 Å². The van der Waals surface area contributed by atoms with E-state index in [2.05, 4.69) is 36.6 Å². The Morgan fingerprint density at radius 3 is 2.88 bits per heavy atom. The molecule has 2 atom stereocenters. The second-order valence-corrected chi connectivity index (χ2v) is 5.82. The lowest BCUT2D eigenvalue weighted by Crippen LogP contribution is -2.31. The molecule has 3 heteroatoms. The molecule has 3 nitrogen and oxygen atoms in total. The van der Waals surface area contributed by atoms with Crippen LogP contribution in [-0.2, 0) is 13.0 Å². The summed E-state index contributed by atoms with van der Waals surface area (Å²) in [5.74, 6) is 0.831. The lowest BCUT2D eigenvalue weighted by molar-refractivity contribution is 0.287. The molecular formula is C14H25N3. The lowest BCUT2D eigenvalue weighted by Gasteiger charge is -2.27. The van der Waals surface area contributed by atoms with Gasteiger partial charge in [0.1, 0.15) is 0 Å². The summed E-state index contributed by atoms with van der Waals surface area (Å²) >= 11 is 0. The van der Waals surface area contributed by atoms with E-state index >= 15 is 0 Å². The van der Waals surface area contributed by atoms with Crippen molar-refractivity contribution in [2.75, 3.05) is 6.54 Å². The molecule has 0 spiro atoms. The van der Waals surface area contributed by atoms with Crippen LogP contribution in [0, 0.1) is 18.3 Å². The molecule has 17 heavy (non-hydrogen) atoms. The largest absolute Gasteiger partial charge is 0.330 e. The van der Waals surface area contributed by atoms with Crippen LogP contribution in [0.3, 0.4) is 0 Å². The third-order valence-corrected chi connectivity index (χ3v) is 4.22. The van der Waals surface area contributed by atoms with Crippen LogP contribution in [0.2, 0.25) is 0 Å². The Balaban J connectivity index is 2.18. The van der Waals surface area contributed by atoms with Crippen LogP contribution in [0.4, 0.5) is 0 Å². The monoisotopic (exact) mass is 235 g/mol. The Morgan fingerprint density at radius 1 is 1.59 bits per heavy atom. The van der Waals surface area contributed by atoms with Crippen molar-refractivity contribution < 1.29 is 0 Å². The SMILES string of the molecule is CCn1nc(C)cc1CC1(CN)CCC(C)C1. The molecule has 2 unspecified atom stereocenters. The van der Waals surface area contributed by atoms with Gasteiger partial charge in [0.15, 0.2) is 0 Å². The highest BCUT2D eigenvalue weighted by Crippen LogP contribution is 2.43. The van der Waals surface area contributed by atoms with E-state index in [1.54, 1.807) is 0 Å². The van der Waals surface area contributed by atoms with Gasteiger partial charge < -0.3 is 5.73 Å². The van der Waals surface area contributed by atoms with Crippen LogP contribution in [0.15, 0.2) is 6.07 Å². The van der Waals surface area contributed by atoms with Crippen molar-refractivity contribution in [3.8, 4) is 0 Å². The first-order valence-electron chi connectivity index (χ1n) is 6.82. The standard InChI is InChI=1S/C14H25N3/c1-4-17-13(7-12(3)16-17)9-14(10-15)6-5-11(2)8-14/h7,11H,4-6,8-10,15H2,1-3H3. The van der Waals surface area contributed by atoms with Gasteiger partial charge in [0.05, 0.1) is 5.69 Å². The molecule has 1 heterocycles. The molecule has 0 aromatic carbocycles. The smallest absolute Gasteiger partial charge is 0.0596 e. The normalized spacial score (nSPS) is 28.8. The van der Waals surface area contributed by atoms with Crippen LogP contribution >= 0.6 is 0 Å². The maximum absolute atomic E-state index is 6.05. The van der Waals surface area contributed by atoms with Gasteiger partial charge in [-0.05, 0) is 57.1 Å². The molecule has 0 amide bonds. The summed E-state index contributed by atoms with van der Waals surface area (Å²) in [5, 5.41) is 4.53. The summed E-state index contributed by atoms with van der Waals surface area (Å²) in [6.07, 6.45) is 4.98. The number of aromatic nitrogens is 2. The fraction of sp³-hybridized carbons (Fsp3) is 0.786. The molecule has 96 valence electrons. The quantitative estimate of drug-likeness (QED) is 0.871. The Kier molecular flexibility index (Phi) is 3.57. The molecule has 2 rings (SSSR count). The first-order valence-corrected chi connectivity index (χ1v) is 6.82. The second-order valence-electron chi connectivity index (χ2n) is 5.82. The minimum Gasteiger partial charge on any atom is -0.330 e. The summed E-state index contributed by atoms with van der Waals surface area (Å²) in [6, 6.07) is 2.23. The van der Waals surface area contributed by atoms with Crippen molar-refractivity contribution in [2.45, 2.75) is 53.0 Å². The van der Waals surface area contributed by atoms with Gasteiger partial charge >= 0.3 is 0 Å². The minimum atomic E-state index is 0.332. The minimum absolute atomic E-state index is 0.332. The number of nitrogens with zero attached hydrogens (tertiary/aromatic N) is 2. The van der Waals surface area contributed by atoms with E-state index in [1.165, 1.54) is 25.0 Å². The predicted molar refractivity (Wildman–Crippen MR) is 70.8 cm³/mol. The highest BCUT2D eigenvalue weighted by atomic mass is 15.3. The van der Waals surface area contributed by atoms with Gasteiger partial charge in [-0.15, -0.1) is 0 Å². The van der Waals surface area contributed by atoms with Crippen molar-refractivity contribution >= 4 is 0 Å². The highest BCUT2D eigenvalue weighted by Gasteiger charge is 2.37. The van der Waals surface area contributed by atoms with Gasteiger partial charge in [-0.2, -0.15) is 5.10 Å². The molecule has 0 saturated heterocycles. The number of nitrogens with two attached hydrogens (primary N) is 1. The summed E-state index contributed by atoms with van der Waals surface area (Å²) in [7, 11) is 0. The van der Waals surface area contributed by atoms with Crippen LogP contribution in [0.1, 0.15) is 44.5 Å². The maximum atomic E-state index is 6.05. The van der Waals surface area contributed by atoms with Gasteiger partial charge in [0.25, 0.3) is 0 Å². The van der Waals surface area contributed by atoms with Gasteiger partial charge in [0.2, 0.25) is 0 Å². The number of hydrogen-bond donors (Lipinski definition) is 1. The van der Waals surface area contributed by atoms with E-state index in [0.717, 1.165) is 31.1 Å². The van der Waals surface area contributed by atoms with Crippen molar-refractivity contribution in [3.05, 3.63) is 17.5 Å². The molecule has 1 aliphatic rings. The molecule has 1 fully saturated rings. The molecule has 2 N–H and O–H groups in total. The fourth-order valence-corrected chi connectivity index (χ4v) is 3.31. The zero-order valence-corrected chi connectivity index (χ0v) is 11.4. The van der Waals surface area contributed by atoms with Crippen molar-refractivity contribution in [1.29, 1.82) is 0 Å². The Morgan fingerprint density at radius 2 is 2.35 bits per heavy atom. The summed E-state index contributed by atoms with van der Waals surface area (Å²) in [5.41, 5.74) is 8.87. The van der Waals surface area contributed by atoms with Crippen LogP contribution in [0.5, 0.6) is 0 Å². The third-order valence-electron chi connectivity index (χ3n) is 4.22. The van der Waals surface area contributed by atoms with Crippen LogP contribution in [-0.4, -0.2) is 16.3 Å². The fourth-order valence-electron chi connectivity index (χ4n) is 3.31. The van der Waals surface area contributed by atoms with Crippen LogP contribution < -0.4 is 5.73 Å². The van der Waals surface area contributed by atoms with Crippen molar-refractivity contribution in [3.63, 3.8) is 0 Å². The van der Waals surface area contributed by atoms with Gasteiger partial charge in [-0.25, -0.2) is 0 Å². The number of rotatable bonds is 4. The van der Waals surface area contributed by atoms with Gasteiger partial charge in [-0.3, -0.25) is 4.68 Å². The second kappa shape index (κ2) is 4.81. The molecule has 1 aliphatic carbocycles. The first kappa shape index (κ1) is 12.6. The van der Waals surface area contributed by atoms with E-state index < -0.39 is 0 Å². The zero-order valence-electron chi connectivity index (χ0n) is 11.4. The maximum Gasteiger partial charge on any atom is 0.0596 e. The molecule has 1 saturated carbocycles. The topological polar surface area (TPSA) is 43.8 Å². The molecule has 0 aliphatic heterocycles. The highest BCUT2D eigenvalue weighted by molar-refractivity contribution is 5.12. The lowest BCUT2D eigenvalue weighted by atomic mass is 9.81. The Hall–Kier alpha value is -0.830. The first-order chi connectivity index (χ1) is 8.08. The van der Waals surface area contributed by atoms with Crippen molar-refractivity contribution in [1.82, 2.24) is 9.78 Å². The third kappa shape index (κ3) is 2.54. The predicted octanol–water partition coefficient (Wildman–Crippen LogP) is 2.52. The number of aryl methyl sites for hydroxylation is 2. The van der Waals surface area contributed by atoms with Crippen LogP contribution in [0.25, 0.3) is 0 Å². The Labute approximate surface area is 104 Å². The molecule has 0 radical (unpaired) electrons.